The van der Waals surface area contributed by atoms with Crippen LogP contribution in [0.3, 0.4) is 0 Å². The summed E-state index contributed by atoms with van der Waals surface area (Å²) in [5.41, 5.74) is 0. The van der Waals surface area contributed by atoms with E-state index in [1.165, 1.54) is 0 Å². The number of aldehydes is 1. The number of nitro groups is 1. The molecule has 0 bridgehead atoms. The van der Waals surface area contributed by atoms with Gasteiger partial charge in [-0.25, -0.2) is 0 Å². The summed E-state index contributed by atoms with van der Waals surface area (Å²) in [6.07, 6.45) is 5.17. The van der Waals surface area contributed by atoms with Gasteiger partial charge in [0.2, 0.25) is 6.04 Å². The van der Waals surface area contributed by atoms with E-state index in [2.05, 4.69) is 0 Å². The summed E-state index contributed by atoms with van der Waals surface area (Å²) in [6, 6.07) is -0.523. The minimum Gasteiger partial charge on any atom is -0.303 e. The molecule has 14 heavy (non-hydrogen) atoms. The molecule has 0 aromatic heterocycles. The van der Waals surface area contributed by atoms with Crippen molar-refractivity contribution in [3.05, 3.63) is 10.1 Å². The molecule has 0 radical (unpaired) electrons. The van der Waals surface area contributed by atoms with Gasteiger partial charge in [0.1, 0.15) is 6.29 Å². The normalized spacial score (nSPS) is 29.5. The van der Waals surface area contributed by atoms with Gasteiger partial charge in [0.15, 0.2) is 0 Å². The van der Waals surface area contributed by atoms with Crippen molar-refractivity contribution in [1.29, 1.82) is 0 Å². The Morgan fingerprint density at radius 2 is 2.14 bits per heavy atom. The summed E-state index contributed by atoms with van der Waals surface area (Å²) in [5, 5.41) is 10.8. The fraction of sp³-hybridized carbons (Fsp3) is 0.900. The summed E-state index contributed by atoms with van der Waals surface area (Å²) < 4.78 is 0. The van der Waals surface area contributed by atoms with Gasteiger partial charge in [0, 0.05) is 23.2 Å². The lowest BCUT2D eigenvalue weighted by molar-refractivity contribution is -0.534. The predicted molar refractivity (Wildman–Crippen MR) is 52.6 cm³/mol. The Kier molecular flexibility index (Phi) is 4.04. The van der Waals surface area contributed by atoms with E-state index in [0.717, 1.165) is 32.0 Å². The van der Waals surface area contributed by atoms with Gasteiger partial charge in [0.25, 0.3) is 0 Å². The third-order valence-electron chi connectivity index (χ3n) is 3.23. The first kappa shape index (κ1) is 11.1. The van der Waals surface area contributed by atoms with E-state index in [0.29, 0.717) is 6.42 Å². The fourth-order valence-corrected chi connectivity index (χ4v) is 2.44. The number of hydrogen-bond acceptors (Lipinski definition) is 3. The minimum absolute atomic E-state index is 0.0266. The lowest BCUT2D eigenvalue weighted by atomic mass is 9.75. The van der Waals surface area contributed by atoms with Gasteiger partial charge in [0.05, 0.1) is 0 Å². The Bertz CT molecular complexity index is 217. The number of carbonyl (C=O) groups is 1. The van der Waals surface area contributed by atoms with E-state index < -0.39 is 6.04 Å². The first-order valence-electron chi connectivity index (χ1n) is 5.29. The Balaban J connectivity index is 2.70. The molecule has 3 atom stereocenters. The number of hydrogen-bond donors (Lipinski definition) is 0. The molecule has 80 valence electrons. The van der Waals surface area contributed by atoms with Crippen molar-refractivity contribution in [2.24, 2.45) is 11.8 Å². The van der Waals surface area contributed by atoms with Crippen LogP contribution >= 0.6 is 0 Å². The van der Waals surface area contributed by atoms with Crippen molar-refractivity contribution in [3.8, 4) is 0 Å². The van der Waals surface area contributed by atoms with Crippen LogP contribution in [0.15, 0.2) is 0 Å². The minimum atomic E-state index is -0.523. The fourth-order valence-electron chi connectivity index (χ4n) is 2.44. The van der Waals surface area contributed by atoms with E-state index in [1.807, 2.05) is 6.92 Å². The highest BCUT2D eigenvalue weighted by atomic mass is 16.6. The average Bonchev–Trinajstić information content (AvgIpc) is 2.19. The molecule has 0 aromatic rings. The highest BCUT2D eigenvalue weighted by molar-refractivity contribution is 5.54. The molecule has 0 aromatic carbocycles. The third-order valence-corrected chi connectivity index (χ3v) is 3.23. The van der Waals surface area contributed by atoms with Crippen LogP contribution in [-0.4, -0.2) is 17.3 Å². The van der Waals surface area contributed by atoms with E-state index in [-0.39, 0.29) is 16.8 Å². The summed E-state index contributed by atoms with van der Waals surface area (Å²) in [6.45, 7) is 1.82. The molecule has 1 fully saturated rings. The second-order valence-electron chi connectivity index (χ2n) is 4.01. The van der Waals surface area contributed by atoms with E-state index in [9.17, 15) is 14.9 Å². The van der Waals surface area contributed by atoms with Gasteiger partial charge < -0.3 is 4.79 Å². The Hall–Kier alpha value is -0.930. The SMILES string of the molecule is CCC([C@@H]1CCCC[C@H]1C=O)[N+](=O)[O-]. The summed E-state index contributed by atoms with van der Waals surface area (Å²) in [7, 11) is 0. The molecule has 1 unspecified atom stereocenters. The quantitative estimate of drug-likeness (QED) is 0.395. The molecule has 1 saturated carbocycles. The van der Waals surface area contributed by atoms with Crippen LogP contribution in [0.4, 0.5) is 0 Å². The lowest BCUT2D eigenvalue weighted by Crippen LogP contribution is -2.36. The molecule has 1 aliphatic carbocycles. The maximum atomic E-state index is 10.8. The Morgan fingerprint density at radius 3 is 2.64 bits per heavy atom. The third kappa shape index (κ3) is 2.30. The van der Waals surface area contributed by atoms with Crippen LogP contribution in [-0.2, 0) is 4.79 Å². The summed E-state index contributed by atoms with van der Waals surface area (Å²) in [5.74, 6) is -0.111. The van der Waals surface area contributed by atoms with Crippen LogP contribution in [0.5, 0.6) is 0 Å². The zero-order chi connectivity index (χ0) is 10.6. The van der Waals surface area contributed by atoms with Gasteiger partial charge in [-0.05, 0) is 12.8 Å². The molecule has 0 saturated heterocycles. The monoisotopic (exact) mass is 199 g/mol. The molecule has 0 N–H and O–H groups in total. The molecular weight excluding hydrogens is 182 g/mol. The zero-order valence-corrected chi connectivity index (χ0v) is 8.52. The van der Waals surface area contributed by atoms with Crippen molar-refractivity contribution in [2.75, 3.05) is 0 Å². The topological polar surface area (TPSA) is 60.2 Å². The largest absolute Gasteiger partial charge is 0.303 e. The van der Waals surface area contributed by atoms with Crippen LogP contribution in [0.1, 0.15) is 39.0 Å². The van der Waals surface area contributed by atoms with Gasteiger partial charge in [-0.2, -0.15) is 0 Å². The van der Waals surface area contributed by atoms with Crippen molar-refractivity contribution in [3.63, 3.8) is 0 Å². The zero-order valence-electron chi connectivity index (χ0n) is 8.52. The maximum Gasteiger partial charge on any atom is 0.216 e. The van der Waals surface area contributed by atoms with Gasteiger partial charge in [-0.1, -0.05) is 19.8 Å². The second-order valence-corrected chi connectivity index (χ2v) is 4.01. The number of carbonyl (C=O) groups excluding carboxylic acids is 1. The summed E-state index contributed by atoms with van der Waals surface area (Å²) in [4.78, 5) is 21.4. The average molecular weight is 199 g/mol. The molecule has 0 amide bonds. The molecular formula is C10H17NO3. The predicted octanol–water partition coefficient (Wildman–Crippen LogP) is 2.05. The molecule has 1 rings (SSSR count). The van der Waals surface area contributed by atoms with Gasteiger partial charge in [-0.3, -0.25) is 10.1 Å². The van der Waals surface area contributed by atoms with E-state index >= 15 is 0 Å². The summed E-state index contributed by atoms with van der Waals surface area (Å²) >= 11 is 0. The molecule has 0 aliphatic heterocycles. The molecule has 4 heteroatoms. The highest BCUT2D eigenvalue weighted by Gasteiger charge is 2.37. The number of rotatable bonds is 4. The second kappa shape index (κ2) is 5.08. The first-order valence-corrected chi connectivity index (χ1v) is 5.29. The lowest BCUT2D eigenvalue weighted by Gasteiger charge is -2.29. The number of nitrogens with zero attached hydrogens (tertiary/aromatic N) is 1. The smallest absolute Gasteiger partial charge is 0.216 e. The van der Waals surface area contributed by atoms with Gasteiger partial charge in [-0.15, -0.1) is 0 Å². The molecule has 0 heterocycles. The standard InChI is InChI=1S/C10H17NO3/c1-2-10(11(13)14)9-6-4-3-5-8(9)7-12/h7-10H,2-6H2,1H3/t8-,9+,10?/m0/s1. The molecule has 0 spiro atoms. The van der Waals surface area contributed by atoms with Crippen LogP contribution in [0.25, 0.3) is 0 Å². The van der Waals surface area contributed by atoms with Gasteiger partial charge >= 0.3 is 0 Å². The Labute approximate surface area is 83.8 Å². The van der Waals surface area contributed by atoms with Crippen LogP contribution in [0.2, 0.25) is 0 Å². The van der Waals surface area contributed by atoms with Crippen molar-refractivity contribution < 1.29 is 9.72 Å². The molecule has 4 nitrogen and oxygen atoms in total. The Morgan fingerprint density at radius 1 is 1.50 bits per heavy atom. The van der Waals surface area contributed by atoms with E-state index in [4.69, 9.17) is 0 Å². The van der Waals surface area contributed by atoms with Crippen molar-refractivity contribution >= 4 is 6.29 Å². The highest BCUT2D eigenvalue weighted by Crippen LogP contribution is 2.33. The van der Waals surface area contributed by atoms with Crippen LogP contribution < -0.4 is 0 Å². The van der Waals surface area contributed by atoms with Crippen molar-refractivity contribution in [2.45, 2.75) is 45.1 Å². The maximum absolute atomic E-state index is 10.8. The first-order chi connectivity index (χ1) is 6.70. The van der Waals surface area contributed by atoms with E-state index in [1.54, 1.807) is 0 Å². The van der Waals surface area contributed by atoms with Crippen molar-refractivity contribution in [1.82, 2.24) is 0 Å². The molecule has 1 aliphatic rings. The van der Waals surface area contributed by atoms with Crippen LogP contribution in [0, 0.1) is 22.0 Å².